The Morgan fingerprint density at radius 1 is 1.26 bits per heavy atom. The van der Waals surface area contributed by atoms with E-state index in [9.17, 15) is 8.42 Å². The quantitative estimate of drug-likeness (QED) is 0.850. The van der Waals surface area contributed by atoms with E-state index in [0.29, 0.717) is 25.9 Å². The molecule has 1 aliphatic rings. The molecule has 1 saturated heterocycles. The smallest absolute Gasteiger partial charge is 0.212 e. The van der Waals surface area contributed by atoms with Crippen molar-refractivity contribution in [3.05, 3.63) is 35.4 Å². The number of sulfonamides is 1. The summed E-state index contributed by atoms with van der Waals surface area (Å²) in [5.74, 6) is 0.0515. The Balaban J connectivity index is 2.03. The van der Waals surface area contributed by atoms with E-state index in [0.717, 1.165) is 11.1 Å². The lowest BCUT2D eigenvalue weighted by Gasteiger charge is -2.28. The fourth-order valence-corrected chi connectivity index (χ4v) is 3.81. The summed E-state index contributed by atoms with van der Waals surface area (Å²) >= 11 is 0. The van der Waals surface area contributed by atoms with Crippen LogP contribution in [0.3, 0.4) is 0 Å². The largest absolute Gasteiger partial charge is 0.218 e. The van der Waals surface area contributed by atoms with E-state index >= 15 is 0 Å². The lowest BCUT2D eigenvalue weighted by molar-refractivity contribution is 0.309. The fourth-order valence-electron chi connectivity index (χ4n) is 2.25. The SMILES string of the molecule is Cc1ccc(CS(=O)(=O)N2CCC(C#N)CC2)cc1. The van der Waals surface area contributed by atoms with Gasteiger partial charge in [0, 0.05) is 19.0 Å². The Labute approximate surface area is 114 Å². The minimum Gasteiger partial charge on any atom is -0.212 e. The van der Waals surface area contributed by atoms with Crippen molar-refractivity contribution in [2.45, 2.75) is 25.5 Å². The van der Waals surface area contributed by atoms with Gasteiger partial charge in [0.25, 0.3) is 0 Å². The van der Waals surface area contributed by atoms with Gasteiger partial charge in [-0.2, -0.15) is 5.26 Å². The van der Waals surface area contributed by atoms with Crippen LogP contribution in [0.1, 0.15) is 24.0 Å². The second-order valence-electron chi connectivity index (χ2n) is 5.04. The summed E-state index contributed by atoms with van der Waals surface area (Å²) in [4.78, 5) is 0. The molecule has 0 radical (unpaired) electrons. The van der Waals surface area contributed by atoms with Crippen molar-refractivity contribution in [3.63, 3.8) is 0 Å². The van der Waals surface area contributed by atoms with Crippen LogP contribution in [0.15, 0.2) is 24.3 Å². The summed E-state index contributed by atoms with van der Waals surface area (Å²) in [6.07, 6.45) is 1.28. The van der Waals surface area contributed by atoms with Gasteiger partial charge in [0.1, 0.15) is 0 Å². The maximum absolute atomic E-state index is 12.3. The first-order valence-electron chi connectivity index (χ1n) is 6.44. The number of piperidine rings is 1. The first kappa shape index (κ1) is 14.0. The second-order valence-corrected chi connectivity index (χ2v) is 7.01. The summed E-state index contributed by atoms with van der Waals surface area (Å²) in [5, 5.41) is 8.82. The Morgan fingerprint density at radius 2 is 1.84 bits per heavy atom. The zero-order chi connectivity index (χ0) is 13.9. The molecule has 0 amide bonds. The fraction of sp³-hybridized carbons (Fsp3) is 0.500. The van der Waals surface area contributed by atoms with Gasteiger partial charge in [-0.15, -0.1) is 0 Å². The topological polar surface area (TPSA) is 61.2 Å². The highest BCUT2D eigenvalue weighted by molar-refractivity contribution is 7.88. The standard InChI is InChI=1S/C14H18N2O2S/c1-12-2-4-14(5-3-12)11-19(17,18)16-8-6-13(10-15)7-9-16/h2-5,13H,6-9,11H2,1H3. The number of hydrogen-bond acceptors (Lipinski definition) is 3. The molecule has 1 heterocycles. The Hall–Kier alpha value is -1.38. The molecular formula is C14H18N2O2S. The summed E-state index contributed by atoms with van der Waals surface area (Å²) in [5.41, 5.74) is 1.93. The van der Waals surface area contributed by atoms with E-state index in [-0.39, 0.29) is 11.7 Å². The molecule has 0 saturated carbocycles. The first-order valence-corrected chi connectivity index (χ1v) is 8.05. The van der Waals surface area contributed by atoms with Gasteiger partial charge in [0.05, 0.1) is 11.8 Å². The molecule has 1 aromatic carbocycles. The van der Waals surface area contributed by atoms with E-state index in [1.807, 2.05) is 31.2 Å². The molecule has 1 aliphatic heterocycles. The van der Waals surface area contributed by atoms with Crippen LogP contribution in [0, 0.1) is 24.2 Å². The average molecular weight is 278 g/mol. The van der Waals surface area contributed by atoms with Crippen LogP contribution in [0.5, 0.6) is 0 Å². The summed E-state index contributed by atoms with van der Waals surface area (Å²) in [6.45, 7) is 2.91. The second kappa shape index (κ2) is 5.72. The first-order chi connectivity index (χ1) is 9.01. The predicted octanol–water partition coefficient (Wildman–Crippen LogP) is 2.06. The normalized spacial score (nSPS) is 18.1. The summed E-state index contributed by atoms with van der Waals surface area (Å²) in [6, 6.07) is 9.77. The highest BCUT2D eigenvalue weighted by Crippen LogP contribution is 2.21. The number of rotatable bonds is 3. The van der Waals surface area contributed by atoms with Crippen molar-refractivity contribution in [3.8, 4) is 6.07 Å². The molecule has 4 nitrogen and oxygen atoms in total. The van der Waals surface area contributed by atoms with Crippen LogP contribution in [0.4, 0.5) is 0 Å². The van der Waals surface area contributed by atoms with Crippen LogP contribution in [0.25, 0.3) is 0 Å². The highest BCUT2D eigenvalue weighted by atomic mass is 32.2. The van der Waals surface area contributed by atoms with Crippen LogP contribution < -0.4 is 0 Å². The van der Waals surface area contributed by atoms with Gasteiger partial charge in [-0.3, -0.25) is 0 Å². The number of aryl methyl sites for hydroxylation is 1. The third-order valence-corrected chi connectivity index (χ3v) is 5.35. The summed E-state index contributed by atoms with van der Waals surface area (Å²) in [7, 11) is -3.26. The molecule has 102 valence electrons. The van der Waals surface area contributed by atoms with Crippen LogP contribution in [0.2, 0.25) is 0 Å². The molecule has 0 atom stereocenters. The molecule has 0 aliphatic carbocycles. The number of hydrogen-bond donors (Lipinski definition) is 0. The molecule has 5 heteroatoms. The van der Waals surface area contributed by atoms with Gasteiger partial charge in [-0.05, 0) is 25.3 Å². The van der Waals surface area contributed by atoms with Crippen LogP contribution >= 0.6 is 0 Å². The number of nitriles is 1. The van der Waals surface area contributed by atoms with Crippen molar-refractivity contribution in [2.24, 2.45) is 5.92 Å². The van der Waals surface area contributed by atoms with E-state index in [1.54, 1.807) is 0 Å². The third kappa shape index (κ3) is 3.55. The van der Waals surface area contributed by atoms with Gasteiger partial charge in [-0.25, -0.2) is 12.7 Å². The van der Waals surface area contributed by atoms with Crippen molar-refractivity contribution in [2.75, 3.05) is 13.1 Å². The highest BCUT2D eigenvalue weighted by Gasteiger charge is 2.27. The van der Waals surface area contributed by atoms with E-state index < -0.39 is 10.0 Å². The Morgan fingerprint density at radius 3 is 2.37 bits per heavy atom. The van der Waals surface area contributed by atoms with E-state index in [2.05, 4.69) is 6.07 Å². The summed E-state index contributed by atoms with van der Waals surface area (Å²) < 4.78 is 26.1. The molecule has 0 aromatic heterocycles. The van der Waals surface area contributed by atoms with Gasteiger partial charge < -0.3 is 0 Å². The van der Waals surface area contributed by atoms with Gasteiger partial charge in [0.2, 0.25) is 10.0 Å². The van der Waals surface area contributed by atoms with Gasteiger partial charge in [0.15, 0.2) is 0 Å². The molecule has 0 unspecified atom stereocenters. The van der Waals surface area contributed by atoms with Crippen molar-refractivity contribution >= 4 is 10.0 Å². The molecule has 2 rings (SSSR count). The lowest BCUT2D eigenvalue weighted by Crippen LogP contribution is -2.38. The molecular weight excluding hydrogens is 260 g/mol. The zero-order valence-corrected chi connectivity index (χ0v) is 11.9. The molecule has 1 fully saturated rings. The lowest BCUT2D eigenvalue weighted by atomic mass is 10.0. The Kier molecular flexibility index (Phi) is 4.23. The van der Waals surface area contributed by atoms with Crippen LogP contribution in [-0.4, -0.2) is 25.8 Å². The van der Waals surface area contributed by atoms with Crippen molar-refractivity contribution < 1.29 is 8.42 Å². The van der Waals surface area contributed by atoms with Gasteiger partial charge in [-0.1, -0.05) is 29.8 Å². The minimum absolute atomic E-state index is 0.00539. The van der Waals surface area contributed by atoms with Gasteiger partial charge >= 0.3 is 0 Å². The van der Waals surface area contributed by atoms with E-state index in [1.165, 1.54) is 4.31 Å². The van der Waals surface area contributed by atoms with E-state index in [4.69, 9.17) is 5.26 Å². The molecule has 19 heavy (non-hydrogen) atoms. The predicted molar refractivity (Wildman–Crippen MR) is 73.7 cm³/mol. The Bertz CT molecular complexity index is 564. The maximum atomic E-state index is 12.3. The maximum Gasteiger partial charge on any atom is 0.218 e. The molecule has 0 bridgehead atoms. The molecule has 0 N–H and O–H groups in total. The molecule has 1 aromatic rings. The zero-order valence-electron chi connectivity index (χ0n) is 11.0. The number of nitrogens with zero attached hydrogens (tertiary/aromatic N) is 2. The third-order valence-electron chi connectivity index (χ3n) is 3.50. The van der Waals surface area contributed by atoms with Crippen LogP contribution in [-0.2, 0) is 15.8 Å². The van der Waals surface area contributed by atoms with Crippen molar-refractivity contribution in [1.82, 2.24) is 4.31 Å². The monoisotopic (exact) mass is 278 g/mol. The average Bonchev–Trinajstić information content (AvgIpc) is 2.41. The van der Waals surface area contributed by atoms with Crippen molar-refractivity contribution in [1.29, 1.82) is 5.26 Å². The minimum atomic E-state index is -3.26. The molecule has 0 spiro atoms. The number of benzene rings is 1.